The zero-order chi connectivity index (χ0) is 21.3. The first-order chi connectivity index (χ1) is 14.3. The lowest BCUT2D eigenvalue weighted by molar-refractivity contribution is -0.146. The molecule has 174 valence electrons. The first-order valence-electron chi connectivity index (χ1n) is 12.4. The molecule has 0 atom stereocenters. The van der Waals surface area contributed by atoms with Gasteiger partial charge in [0.25, 0.3) is 0 Å². The maximum absolute atomic E-state index is 5.92. The topological polar surface area (TPSA) is 36.9 Å². The number of unbranched alkanes of at least 4 members (excludes halogenated alkanes) is 10. The van der Waals surface area contributed by atoms with E-state index in [1.165, 1.54) is 64.2 Å². The largest absolute Gasteiger partial charge is 0.475 e. The molecule has 0 radical (unpaired) electrons. The van der Waals surface area contributed by atoms with Gasteiger partial charge < -0.3 is 18.9 Å². The molecule has 0 aliphatic heterocycles. The standard InChI is InChI=1S/C25H50O4/c1-4-7-10-11-12-13-17-20-26-24-27-21-18-14-19-25(28-22-15-8-5-2)29-23-16-9-6-3/h18,21,25H,4-17,19-20,22-24H2,1-3H3. The summed E-state index contributed by atoms with van der Waals surface area (Å²) in [5, 5.41) is 0. The van der Waals surface area contributed by atoms with E-state index in [0.29, 0.717) is 6.79 Å². The Labute approximate surface area is 181 Å². The fourth-order valence-corrected chi connectivity index (χ4v) is 3.02. The van der Waals surface area contributed by atoms with Crippen LogP contribution in [0.4, 0.5) is 0 Å². The second-order valence-corrected chi connectivity index (χ2v) is 7.85. The van der Waals surface area contributed by atoms with Gasteiger partial charge in [-0.25, -0.2) is 0 Å². The van der Waals surface area contributed by atoms with E-state index >= 15 is 0 Å². The van der Waals surface area contributed by atoms with E-state index < -0.39 is 0 Å². The van der Waals surface area contributed by atoms with Gasteiger partial charge in [0.1, 0.15) is 0 Å². The van der Waals surface area contributed by atoms with Crippen LogP contribution < -0.4 is 0 Å². The molecule has 0 saturated heterocycles. The Bertz CT molecular complexity index is 308. The minimum atomic E-state index is -0.0954. The molecule has 0 aliphatic rings. The summed E-state index contributed by atoms with van der Waals surface area (Å²) in [7, 11) is 0. The first kappa shape index (κ1) is 28.4. The fraction of sp³-hybridized carbons (Fsp3) is 0.920. The maximum atomic E-state index is 5.92. The number of hydrogen-bond donors (Lipinski definition) is 0. The Balaban J connectivity index is 3.62. The van der Waals surface area contributed by atoms with Gasteiger partial charge in [0.15, 0.2) is 13.1 Å². The summed E-state index contributed by atoms with van der Waals surface area (Å²) < 4.78 is 22.8. The third-order valence-corrected chi connectivity index (χ3v) is 4.91. The van der Waals surface area contributed by atoms with E-state index in [-0.39, 0.29) is 6.29 Å². The molecule has 0 unspecified atom stereocenters. The van der Waals surface area contributed by atoms with Crippen molar-refractivity contribution in [3.8, 4) is 0 Å². The molecule has 0 rings (SSSR count). The van der Waals surface area contributed by atoms with Gasteiger partial charge in [-0.1, -0.05) is 85.0 Å². The second-order valence-electron chi connectivity index (χ2n) is 7.85. The highest BCUT2D eigenvalue weighted by Crippen LogP contribution is 2.09. The molecule has 0 N–H and O–H groups in total. The van der Waals surface area contributed by atoms with Crippen molar-refractivity contribution in [3.63, 3.8) is 0 Å². The molecule has 29 heavy (non-hydrogen) atoms. The van der Waals surface area contributed by atoms with Crippen molar-refractivity contribution in [3.05, 3.63) is 12.3 Å². The van der Waals surface area contributed by atoms with Crippen molar-refractivity contribution in [1.82, 2.24) is 0 Å². The molecule has 0 aromatic carbocycles. The fourth-order valence-electron chi connectivity index (χ4n) is 3.02. The van der Waals surface area contributed by atoms with Crippen LogP contribution in [0.1, 0.15) is 117 Å². The lowest BCUT2D eigenvalue weighted by atomic mass is 10.1. The average Bonchev–Trinajstić information content (AvgIpc) is 2.73. The van der Waals surface area contributed by atoms with E-state index in [1.54, 1.807) is 6.26 Å². The third kappa shape index (κ3) is 23.6. The van der Waals surface area contributed by atoms with Gasteiger partial charge in [0.2, 0.25) is 0 Å². The molecule has 0 saturated carbocycles. The van der Waals surface area contributed by atoms with Gasteiger partial charge in [0, 0.05) is 19.6 Å². The molecular weight excluding hydrogens is 364 g/mol. The van der Waals surface area contributed by atoms with Gasteiger partial charge in [-0.15, -0.1) is 0 Å². The lowest BCUT2D eigenvalue weighted by Gasteiger charge is -2.18. The smallest absolute Gasteiger partial charge is 0.188 e. The number of allylic oxidation sites excluding steroid dienone is 1. The van der Waals surface area contributed by atoms with Gasteiger partial charge in [0.05, 0.1) is 12.9 Å². The maximum Gasteiger partial charge on any atom is 0.188 e. The first-order valence-corrected chi connectivity index (χ1v) is 12.4. The van der Waals surface area contributed by atoms with Crippen molar-refractivity contribution >= 4 is 0 Å². The SMILES string of the molecule is CCCCCCCCCOCOC=CCCC(OCCCCC)OCCCCC. The third-order valence-electron chi connectivity index (χ3n) is 4.91. The van der Waals surface area contributed by atoms with Gasteiger partial charge >= 0.3 is 0 Å². The Morgan fingerprint density at radius 2 is 1.14 bits per heavy atom. The molecule has 0 fully saturated rings. The highest BCUT2D eigenvalue weighted by Gasteiger charge is 2.08. The molecule has 0 amide bonds. The highest BCUT2D eigenvalue weighted by molar-refractivity contribution is 4.73. The molecule has 4 heteroatoms. The molecule has 0 aromatic heterocycles. The Morgan fingerprint density at radius 3 is 1.76 bits per heavy atom. The summed E-state index contributed by atoms with van der Waals surface area (Å²) in [6, 6.07) is 0. The monoisotopic (exact) mass is 414 g/mol. The van der Waals surface area contributed by atoms with E-state index in [9.17, 15) is 0 Å². The van der Waals surface area contributed by atoms with E-state index in [1.807, 2.05) is 6.08 Å². The predicted molar refractivity (Wildman–Crippen MR) is 123 cm³/mol. The van der Waals surface area contributed by atoms with Crippen LogP contribution in [0.2, 0.25) is 0 Å². The normalized spacial score (nSPS) is 11.7. The van der Waals surface area contributed by atoms with E-state index in [0.717, 1.165) is 51.9 Å². The van der Waals surface area contributed by atoms with Crippen LogP contribution in [0.3, 0.4) is 0 Å². The predicted octanol–water partition coefficient (Wildman–Crippen LogP) is 7.76. The van der Waals surface area contributed by atoms with Crippen LogP contribution in [0.15, 0.2) is 12.3 Å². The number of ether oxygens (including phenoxy) is 4. The zero-order valence-corrected chi connectivity index (χ0v) is 19.8. The van der Waals surface area contributed by atoms with Crippen LogP contribution >= 0.6 is 0 Å². The van der Waals surface area contributed by atoms with Crippen LogP contribution in [-0.2, 0) is 18.9 Å². The molecule has 0 spiro atoms. The minimum Gasteiger partial charge on any atom is -0.475 e. The molecule has 0 bridgehead atoms. The zero-order valence-electron chi connectivity index (χ0n) is 19.8. The Kier molecular flexibility index (Phi) is 24.9. The summed E-state index contributed by atoms with van der Waals surface area (Å²) in [5.74, 6) is 0. The summed E-state index contributed by atoms with van der Waals surface area (Å²) in [5.41, 5.74) is 0. The Hall–Kier alpha value is -0.580. The summed E-state index contributed by atoms with van der Waals surface area (Å²) >= 11 is 0. The van der Waals surface area contributed by atoms with Crippen LogP contribution in [0.25, 0.3) is 0 Å². The molecular formula is C25H50O4. The number of hydrogen-bond acceptors (Lipinski definition) is 4. The van der Waals surface area contributed by atoms with Crippen molar-refractivity contribution in [2.75, 3.05) is 26.6 Å². The second kappa shape index (κ2) is 25.5. The van der Waals surface area contributed by atoms with Gasteiger partial charge in [-0.2, -0.15) is 0 Å². The molecule has 4 nitrogen and oxygen atoms in total. The van der Waals surface area contributed by atoms with Crippen molar-refractivity contribution in [2.24, 2.45) is 0 Å². The van der Waals surface area contributed by atoms with Crippen LogP contribution in [-0.4, -0.2) is 32.9 Å². The minimum absolute atomic E-state index is 0.0954. The number of rotatable bonds is 24. The van der Waals surface area contributed by atoms with E-state index in [2.05, 4.69) is 20.8 Å². The van der Waals surface area contributed by atoms with E-state index in [4.69, 9.17) is 18.9 Å². The quantitative estimate of drug-likeness (QED) is 0.0918. The summed E-state index contributed by atoms with van der Waals surface area (Å²) in [6.07, 6.45) is 21.7. The van der Waals surface area contributed by atoms with Gasteiger partial charge in [-0.3, -0.25) is 0 Å². The van der Waals surface area contributed by atoms with Crippen molar-refractivity contribution in [1.29, 1.82) is 0 Å². The van der Waals surface area contributed by atoms with Crippen molar-refractivity contribution in [2.45, 2.75) is 123 Å². The summed E-state index contributed by atoms with van der Waals surface area (Å²) in [4.78, 5) is 0. The molecule has 0 aliphatic carbocycles. The van der Waals surface area contributed by atoms with Crippen LogP contribution in [0, 0.1) is 0 Å². The highest BCUT2D eigenvalue weighted by atomic mass is 16.7. The summed E-state index contributed by atoms with van der Waals surface area (Å²) in [6.45, 7) is 9.39. The van der Waals surface area contributed by atoms with Crippen molar-refractivity contribution < 1.29 is 18.9 Å². The van der Waals surface area contributed by atoms with Crippen LogP contribution in [0.5, 0.6) is 0 Å². The van der Waals surface area contributed by atoms with Gasteiger partial charge in [-0.05, 0) is 31.8 Å². The average molecular weight is 415 g/mol. The Morgan fingerprint density at radius 1 is 0.621 bits per heavy atom. The molecule has 0 aromatic rings. The lowest BCUT2D eigenvalue weighted by Crippen LogP contribution is -2.18. The molecule has 0 heterocycles.